The average molecular weight is 359 g/mol. The Morgan fingerprint density at radius 3 is 2.62 bits per heavy atom. The van der Waals surface area contributed by atoms with E-state index < -0.39 is 0 Å². The largest absolute Gasteiger partial charge is 0.459 e. The van der Waals surface area contributed by atoms with Gasteiger partial charge >= 0.3 is 0 Å². The molecule has 0 aliphatic carbocycles. The second-order valence-electron chi connectivity index (χ2n) is 6.41. The van der Waals surface area contributed by atoms with Crippen LogP contribution in [0.5, 0.6) is 0 Å². The van der Waals surface area contributed by atoms with Crippen LogP contribution in [0, 0.1) is 12.7 Å². The van der Waals surface area contributed by atoms with Crippen molar-refractivity contribution in [3.05, 3.63) is 59.3 Å². The molecule has 0 spiro atoms. The van der Waals surface area contributed by atoms with E-state index in [1.54, 1.807) is 36.1 Å². The SMILES string of the molecule is Cc1ccc(CNC(=O)CN2CCN(C(=O)c3ccco3)CC2)cc1F. The van der Waals surface area contributed by atoms with Crippen LogP contribution in [0.3, 0.4) is 0 Å². The second kappa shape index (κ2) is 8.14. The van der Waals surface area contributed by atoms with Crippen molar-refractivity contribution in [2.45, 2.75) is 13.5 Å². The lowest BCUT2D eigenvalue weighted by atomic mass is 10.1. The van der Waals surface area contributed by atoms with E-state index >= 15 is 0 Å². The molecule has 3 rings (SSSR count). The van der Waals surface area contributed by atoms with Gasteiger partial charge in [0.15, 0.2) is 5.76 Å². The molecule has 1 fully saturated rings. The summed E-state index contributed by atoms with van der Waals surface area (Å²) in [5.41, 5.74) is 1.32. The molecule has 0 saturated carbocycles. The van der Waals surface area contributed by atoms with Gasteiger partial charge in [-0.1, -0.05) is 12.1 Å². The van der Waals surface area contributed by atoms with Gasteiger partial charge in [0.05, 0.1) is 12.8 Å². The maximum atomic E-state index is 13.5. The van der Waals surface area contributed by atoms with Crippen molar-refractivity contribution < 1.29 is 18.4 Å². The number of benzene rings is 1. The third-order valence-electron chi connectivity index (χ3n) is 4.48. The minimum Gasteiger partial charge on any atom is -0.459 e. The summed E-state index contributed by atoms with van der Waals surface area (Å²) in [6.45, 7) is 4.61. The molecule has 2 heterocycles. The Kier molecular flexibility index (Phi) is 5.68. The normalized spacial score (nSPS) is 15.1. The Morgan fingerprint density at radius 1 is 1.19 bits per heavy atom. The number of aryl methyl sites for hydroxylation is 1. The zero-order chi connectivity index (χ0) is 18.5. The number of hydrogen-bond donors (Lipinski definition) is 1. The molecule has 138 valence electrons. The van der Waals surface area contributed by atoms with E-state index in [2.05, 4.69) is 5.32 Å². The van der Waals surface area contributed by atoms with Crippen LogP contribution in [0.1, 0.15) is 21.7 Å². The van der Waals surface area contributed by atoms with Gasteiger partial charge in [0, 0.05) is 32.7 Å². The van der Waals surface area contributed by atoms with Gasteiger partial charge in [-0.05, 0) is 36.2 Å². The fourth-order valence-corrected chi connectivity index (χ4v) is 2.87. The molecular formula is C19H22FN3O3. The summed E-state index contributed by atoms with van der Waals surface area (Å²) in [6, 6.07) is 8.28. The van der Waals surface area contributed by atoms with Gasteiger partial charge in [0.1, 0.15) is 5.82 Å². The molecule has 7 heteroatoms. The lowest BCUT2D eigenvalue weighted by Crippen LogP contribution is -2.51. The predicted molar refractivity (Wildman–Crippen MR) is 94.0 cm³/mol. The van der Waals surface area contributed by atoms with Crippen LogP contribution in [-0.4, -0.2) is 54.3 Å². The van der Waals surface area contributed by atoms with Crippen molar-refractivity contribution >= 4 is 11.8 Å². The number of hydrogen-bond acceptors (Lipinski definition) is 4. The third-order valence-corrected chi connectivity index (χ3v) is 4.48. The molecule has 26 heavy (non-hydrogen) atoms. The summed E-state index contributed by atoms with van der Waals surface area (Å²) in [5, 5.41) is 2.81. The van der Waals surface area contributed by atoms with E-state index in [1.807, 2.05) is 4.90 Å². The molecular weight excluding hydrogens is 337 g/mol. The Labute approximate surface area is 151 Å². The standard InChI is InChI=1S/C19H22FN3O3/c1-14-4-5-15(11-16(14)20)12-21-18(24)13-22-6-8-23(9-7-22)19(25)17-3-2-10-26-17/h2-5,10-11H,6-9,12-13H2,1H3,(H,21,24). The van der Waals surface area contributed by atoms with E-state index in [0.717, 1.165) is 5.56 Å². The van der Waals surface area contributed by atoms with Crippen LogP contribution in [-0.2, 0) is 11.3 Å². The smallest absolute Gasteiger partial charge is 0.289 e. The van der Waals surface area contributed by atoms with Gasteiger partial charge in [0.2, 0.25) is 5.91 Å². The number of rotatable bonds is 5. The van der Waals surface area contributed by atoms with Gasteiger partial charge < -0.3 is 14.6 Å². The first-order valence-electron chi connectivity index (χ1n) is 8.60. The highest BCUT2D eigenvalue weighted by atomic mass is 19.1. The van der Waals surface area contributed by atoms with Crippen LogP contribution in [0.2, 0.25) is 0 Å². The maximum Gasteiger partial charge on any atom is 0.289 e. The molecule has 1 saturated heterocycles. The first kappa shape index (κ1) is 18.1. The average Bonchev–Trinajstić information content (AvgIpc) is 3.17. The number of amides is 2. The number of piperazine rings is 1. The van der Waals surface area contributed by atoms with Crippen LogP contribution >= 0.6 is 0 Å². The molecule has 1 N–H and O–H groups in total. The first-order chi connectivity index (χ1) is 12.5. The molecule has 0 atom stereocenters. The fraction of sp³-hybridized carbons (Fsp3) is 0.368. The highest BCUT2D eigenvalue weighted by Gasteiger charge is 2.24. The summed E-state index contributed by atoms with van der Waals surface area (Å²) in [6.07, 6.45) is 1.48. The van der Waals surface area contributed by atoms with E-state index in [9.17, 15) is 14.0 Å². The fourth-order valence-electron chi connectivity index (χ4n) is 2.87. The topological polar surface area (TPSA) is 65.8 Å². The molecule has 0 bridgehead atoms. The Bertz CT molecular complexity index is 768. The molecule has 1 aliphatic rings. The zero-order valence-electron chi connectivity index (χ0n) is 14.7. The van der Waals surface area contributed by atoms with Crippen molar-refractivity contribution in [1.29, 1.82) is 0 Å². The number of halogens is 1. The zero-order valence-corrected chi connectivity index (χ0v) is 14.7. The number of carbonyl (C=O) groups excluding carboxylic acids is 2. The van der Waals surface area contributed by atoms with Crippen LogP contribution in [0.15, 0.2) is 41.0 Å². The second-order valence-corrected chi connectivity index (χ2v) is 6.41. The van der Waals surface area contributed by atoms with Crippen molar-refractivity contribution in [2.24, 2.45) is 0 Å². The van der Waals surface area contributed by atoms with E-state index in [4.69, 9.17) is 4.42 Å². The monoisotopic (exact) mass is 359 g/mol. The Morgan fingerprint density at radius 2 is 1.96 bits per heavy atom. The minimum atomic E-state index is -0.269. The summed E-state index contributed by atoms with van der Waals surface area (Å²) < 4.78 is 18.7. The van der Waals surface area contributed by atoms with Crippen LogP contribution < -0.4 is 5.32 Å². The predicted octanol–water partition coefficient (Wildman–Crippen LogP) is 1.80. The van der Waals surface area contributed by atoms with E-state index in [0.29, 0.717) is 44.0 Å². The number of nitrogens with one attached hydrogen (secondary N) is 1. The van der Waals surface area contributed by atoms with Gasteiger partial charge in [-0.15, -0.1) is 0 Å². The Balaban J connectivity index is 1.42. The summed E-state index contributed by atoms with van der Waals surface area (Å²) in [5.74, 6) is -0.173. The molecule has 1 aromatic heterocycles. The first-order valence-corrected chi connectivity index (χ1v) is 8.60. The highest BCUT2D eigenvalue weighted by Crippen LogP contribution is 2.10. The van der Waals surface area contributed by atoms with Crippen molar-refractivity contribution in [1.82, 2.24) is 15.1 Å². The lowest BCUT2D eigenvalue weighted by molar-refractivity contribution is -0.122. The highest BCUT2D eigenvalue weighted by molar-refractivity contribution is 5.91. The van der Waals surface area contributed by atoms with Gasteiger partial charge in [-0.25, -0.2) is 4.39 Å². The lowest BCUT2D eigenvalue weighted by Gasteiger charge is -2.33. The summed E-state index contributed by atoms with van der Waals surface area (Å²) >= 11 is 0. The minimum absolute atomic E-state index is 0.114. The molecule has 2 amide bonds. The van der Waals surface area contributed by atoms with Crippen molar-refractivity contribution in [2.75, 3.05) is 32.7 Å². The molecule has 6 nitrogen and oxygen atoms in total. The van der Waals surface area contributed by atoms with Gasteiger partial charge in [0.25, 0.3) is 5.91 Å². The molecule has 0 unspecified atom stereocenters. The van der Waals surface area contributed by atoms with E-state index in [1.165, 1.54) is 12.3 Å². The number of furan rings is 1. The quantitative estimate of drug-likeness (QED) is 0.884. The molecule has 1 aliphatic heterocycles. The Hall–Kier alpha value is -2.67. The maximum absolute atomic E-state index is 13.5. The van der Waals surface area contributed by atoms with Gasteiger partial charge in [-0.2, -0.15) is 0 Å². The summed E-state index contributed by atoms with van der Waals surface area (Å²) in [7, 11) is 0. The van der Waals surface area contributed by atoms with Crippen molar-refractivity contribution in [3.8, 4) is 0 Å². The molecule has 2 aromatic rings. The van der Waals surface area contributed by atoms with Crippen LogP contribution in [0.25, 0.3) is 0 Å². The van der Waals surface area contributed by atoms with Gasteiger partial charge in [-0.3, -0.25) is 14.5 Å². The van der Waals surface area contributed by atoms with Crippen LogP contribution in [0.4, 0.5) is 4.39 Å². The van der Waals surface area contributed by atoms with Crippen molar-refractivity contribution in [3.63, 3.8) is 0 Å². The molecule has 1 aromatic carbocycles. The van der Waals surface area contributed by atoms with E-state index in [-0.39, 0.29) is 24.2 Å². The number of carbonyl (C=O) groups is 2. The third kappa shape index (κ3) is 4.49. The molecule has 0 radical (unpaired) electrons. The summed E-state index contributed by atoms with van der Waals surface area (Å²) in [4.78, 5) is 28.0. The number of nitrogens with zero attached hydrogens (tertiary/aromatic N) is 2.